The largest absolute Gasteiger partial charge is 0.494 e. The zero-order valence-electron chi connectivity index (χ0n) is 10.1. The van der Waals surface area contributed by atoms with Crippen molar-refractivity contribution >= 4 is 0 Å². The maximum atomic E-state index is 13.4. The quantitative estimate of drug-likeness (QED) is 0.827. The Bertz CT molecular complexity index is 675. The van der Waals surface area contributed by atoms with Crippen LogP contribution in [0.2, 0.25) is 0 Å². The molecule has 0 saturated heterocycles. The average molecular weight is 259 g/mol. The molecule has 5 nitrogen and oxygen atoms in total. The molecule has 0 radical (unpaired) electrons. The molecule has 19 heavy (non-hydrogen) atoms. The lowest BCUT2D eigenvalue weighted by Gasteiger charge is -2.09. The summed E-state index contributed by atoms with van der Waals surface area (Å²) >= 11 is 0. The van der Waals surface area contributed by atoms with Gasteiger partial charge in [-0.3, -0.25) is 0 Å². The molecule has 6 heteroatoms. The number of benzene rings is 1. The number of methoxy groups -OCH3 is 1. The third kappa shape index (κ3) is 1.71. The van der Waals surface area contributed by atoms with Crippen LogP contribution in [-0.2, 0) is 0 Å². The molecule has 1 aliphatic heterocycles. The predicted molar refractivity (Wildman–Crippen MR) is 63.9 cm³/mol. The standard InChI is InChI=1S/C13H10FN3O2/c1-18-11-4-9(2-3-10(11)14)17-13-8(5-15)7-19-12(13)6-16-17/h2-4,6,8H,7H2,1H3. The molecular formula is C13H10FN3O2. The Morgan fingerprint density at radius 3 is 3.16 bits per heavy atom. The van der Waals surface area contributed by atoms with Gasteiger partial charge in [0.25, 0.3) is 0 Å². The van der Waals surface area contributed by atoms with Crippen molar-refractivity contribution < 1.29 is 13.9 Å². The van der Waals surface area contributed by atoms with Crippen molar-refractivity contribution in [1.82, 2.24) is 9.78 Å². The monoisotopic (exact) mass is 259 g/mol. The van der Waals surface area contributed by atoms with Crippen molar-refractivity contribution in [2.75, 3.05) is 13.7 Å². The molecule has 0 aliphatic carbocycles. The highest BCUT2D eigenvalue weighted by molar-refractivity contribution is 5.46. The van der Waals surface area contributed by atoms with Crippen molar-refractivity contribution in [3.63, 3.8) is 0 Å². The molecule has 0 N–H and O–H groups in total. The summed E-state index contributed by atoms with van der Waals surface area (Å²) in [6.07, 6.45) is 1.56. The van der Waals surface area contributed by atoms with Crippen LogP contribution in [0.25, 0.3) is 5.69 Å². The summed E-state index contributed by atoms with van der Waals surface area (Å²) in [7, 11) is 1.40. The van der Waals surface area contributed by atoms with Gasteiger partial charge in [0, 0.05) is 6.07 Å². The summed E-state index contributed by atoms with van der Waals surface area (Å²) < 4.78 is 25.3. The second kappa shape index (κ2) is 4.28. The molecule has 1 aliphatic rings. The fourth-order valence-corrected chi connectivity index (χ4v) is 2.11. The molecule has 96 valence electrons. The molecule has 0 amide bonds. The van der Waals surface area contributed by atoms with E-state index in [0.29, 0.717) is 23.7 Å². The summed E-state index contributed by atoms with van der Waals surface area (Å²) in [4.78, 5) is 0. The molecule has 3 rings (SSSR count). The third-order valence-corrected chi connectivity index (χ3v) is 3.04. The number of hydrogen-bond donors (Lipinski definition) is 0. The molecular weight excluding hydrogens is 249 g/mol. The Hall–Kier alpha value is -2.55. The van der Waals surface area contributed by atoms with Crippen LogP contribution in [0.3, 0.4) is 0 Å². The van der Waals surface area contributed by atoms with Gasteiger partial charge in [-0.05, 0) is 12.1 Å². The Balaban J connectivity index is 2.12. The van der Waals surface area contributed by atoms with Crippen LogP contribution in [0.5, 0.6) is 11.5 Å². The number of rotatable bonds is 2. The van der Waals surface area contributed by atoms with Crippen LogP contribution in [-0.4, -0.2) is 23.5 Å². The van der Waals surface area contributed by atoms with E-state index in [1.165, 1.54) is 19.2 Å². The SMILES string of the molecule is COc1cc(-n2ncc3c2C(C#N)CO3)ccc1F. The fraction of sp³-hybridized carbons (Fsp3) is 0.231. The first-order chi connectivity index (χ1) is 9.24. The van der Waals surface area contributed by atoms with Gasteiger partial charge in [0.15, 0.2) is 17.3 Å². The van der Waals surface area contributed by atoms with Crippen LogP contribution in [0.1, 0.15) is 11.6 Å². The molecule has 0 spiro atoms. The molecule has 1 unspecified atom stereocenters. The van der Waals surface area contributed by atoms with Gasteiger partial charge in [0.05, 0.1) is 25.1 Å². The maximum Gasteiger partial charge on any atom is 0.165 e. The lowest BCUT2D eigenvalue weighted by molar-refractivity contribution is 0.345. The first kappa shape index (κ1) is 11.5. The Labute approximate surface area is 108 Å². The van der Waals surface area contributed by atoms with Gasteiger partial charge in [-0.15, -0.1) is 0 Å². The summed E-state index contributed by atoms with van der Waals surface area (Å²) in [6, 6.07) is 6.59. The first-order valence-electron chi connectivity index (χ1n) is 5.69. The lowest BCUT2D eigenvalue weighted by Crippen LogP contribution is -2.07. The highest BCUT2D eigenvalue weighted by atomic mass is 19.1. The van der Waals surface area contributed by atoms with Crippen LogP contribution in [0.4, 0.5) is 4.39 Å². The highest BCUT2D eigenvalue weighted by Gasteiger charge is 2.29. The van der Waals surface area contributed by atoms with Crippen molar-refractivity contribution in [1.29, 1.82) is 5.26 Å². The molecule has 2 aromatic rings. The van der Waals surface area contributed by atoms with E-state index in [2.05, 4.69) is 11.2 Å². The van der Waals surface area contributed by atoms with Crippen LogP contribution in [0, 0.1) is 17.1 Å². The van der Waals surface area contributed by atoms with Gasteiger partial charge in [-0.1, -0.05) is 0 Å². The van der Waals surface area contributed by atoms with Gasteiger partial charge in [0.1, 0.15) is 18.2 Å². The third-order valence-electron chi connectivity index (χ3n) is 3.04. The highest BCUT2D eigenvalue weighted by Crippen LogP contribution is 2.35. The number of halogens is 1. The zero-order valence-corrected chi connectivity index (χ0v) is 10.1. The Morgan fingerprint density at radius 2 is 2.42 bits per heavy atom. The van der Waals surface area contributed by atoms with Crippen LogP contribution < -0.4 is 9.47 Å². The number of hydrogen-bond acceptors (Lipinski definition) is 4. The van der Waals surface area contributed by atoms with Gasteiger partial charge < -0.3 is 9.47 Å². The second-order valence-electron chi connectivity index (χ2n) is 4.12. The summed E-state index contributed by atoms with van der Waals surface area (Å²) in [5.41, 5.74) is 1.32. The van der Waals surface area contributed by atoms with E-state index in [-0.39, 0.29) is 11.7 Å². The minimum atomic E-state index is -0.442. The van der Waals surface area contributed by atoms with Gasteiger partial charge in [-0.25, -0.2) is 9.07 Å². The number of ether oxygens (including phenoxy) is 2. The van der Waals surface area contributed by atoms with E-state index in [0.717, 1.165) is 0 Å². The van der Waals surface area contributed by atoms with Gasteiger partial charge in [-0.2, -0.15) is 10.4 Å². The summed E-state index contributed by atoms with van der Waals surface area (Å²) in [5.74, 6) is -0.0827. The van der Waals surface area contributed by atoms with Crippen LogP contribution >= 0.6 is 0 Å². The second-order valence-corrected chi connectivity index (χ2v) is 4.12. The number of nitriles is 1. The smallest absolute Gasteiger partial charge is 0.165 e. The topological polar surface area (TPSA) is 60.1 Å². The molecule has 2 heterocycles. The molecule has 0 saturated carbocycles. The summed E-state index contributed by atoms with van der Waals surface area (Å²) in [6.45, 7) is 0.321. The van der Waals surface area contributed by atoms with E-state index in [1.807, 2.05) is 0 Å². The van der Waals surface area contributed by atoms with Crippen molar-refractivity contribution in [2.24, 2.45) is 0 Å². The lowest BCUT2D eigenvalue weighted by atomic mass is 10.1. The number of nitrogens with zero attached hydrogens (tertiary/aromatic N) is 3. The van der Waals surface area contributed by atoms with E-state index in [1.54, 1.807) is 16.9 Å². The minimum absolute atomic E-state index is 0.133. The molecule has 1 aromatic heterocycles. The maximum absolute atomic E-state index is 13.4. The predicted octanol–water partition coefficient (Wildman–Crippen LogP) is 2.02. The molecule has 0 bridgehead atoms. The fourth-order valence-electron chi connectivity index (χ4n) is 2.11. The van der Waals surface area contributed by atoms with E-state index < -0.39 is 5.82 Å². The minimum Gasteiger partial charge on any atom is -0.494 e. The van der Waals surface area contributed by atoms with E-state index in [4.69, 9.17) is 14.7 Å². The normalized spacial score (nSPS) is 16.6. The van der Waals surface area contributed by atoms with Crippen molar-refractivity contribution in [2.45, 2.75) is 5.92 Å². The molecule has 1 aromatic carbocycles. The molecule has 1 atom stereocenters. The average Bonchev–Trinajstić information content (AvgIpc) is 3.00. The van der Waals surface area contributed by atoms with E-state index >= 15 is 0 Å². The van der Waals surface area contributed by atoms with Crippen molar-refractivity contribution in [3.8, 4) is 23.3 Å². The zero-order chi connectivity index (χ0) is 13.4. The molecule has 0 fully saturated rings. The Kier molecular flexibility index (Phi) is 2.60. The number of aromatic nitrogens is 2. The first-order valence-corrected chi connectivity index (χ1v) is 5.69. The Morgan fingerprint density at radius 1 is 1.58 bits per heavy atom. The van der Waals surface area contributed by atoms with E-state index in [9.17, 15) is 4.39 Å². The van der Waals surface area contributed by atoms with Crippen molar-refractivity contribution in [3.05, 3.63) is 35.9 Å². The van der Waals surface area contributed by atoms with Crippen LogP contribution in [0.15, 0.2) is 24.4 Å². The summed E-state index contributed by atoms with van der Waals surface area (Å²) in [5, 5.41) is 13.3. The van der Waals surface area contributed by atoms with Gasteiger partial charge in [0.2, 0.25) is 0 Å². The van der Waals surface area contributed by atoms with Gasteiger partial charge >= 0.3 is 0 Å². The number of fused-ring (bicyclic) bond motifs is 1.